The van der Waals surface area contributed by atoms with Crippen molar-refractivity contribution < 1.29 is 42.9 Å². The second-order valence-electron chi connectivity index (χ2n) is 31.8. The van der Waals surface area contributed by atoms with Crippen LogP contribution in [0.2, 0.25) is 0 Å². The molecule has 0 aromatic heterocycles. The number of aromatic hydroxyl groups is 1. The molecule has 10 N–H and O–H groups in total. The molecule has 13 aliphatic rings. The maximum atomic E-state index is 15.1. The van der Waals surface area contributed by atoms with Crippen LogP contribution in [0.15, 0.2) is 168 Å². The molecule has 3 fully saturated rings. The average Bonchev–Trinajstić information content (AvgIpc) is 1.10. The van der Waals surface area contributed by atoms with Gasteiger partial charge in [0.2, 0.25) is 5.72 Å². The topological polar surface area (TPSA) is 230 Å². The third-order valence-electron chi connectivity index (χ3n) is 26.7. The Morgan fingerprint density at radius 1 is 0.802 bits per heavy atom. The zero-order valence-electron chi connectivity index (χ0n) is 57.3. The van der Waals surface area contributed by atoms with Crippen molar-refractivity contribution in [3.8, 4) is 23.3 Å². The Kier molecular flexibility index (Phi) is 16.0. The summed E-state index contributed by atoms with van der Waals surface area (Å²) in [6.07, 6.45) is 21.5. The monoisotopic (exact) mass is 1370 g/mol. The van der Waals surface area contributed by atoms with E-state index in [9.17, 15) is 28.3 Å². The molecular formula is C87H90N4O9S. The first-order chi connectivity index (χ1) is 49.0. The third-order valence-corrected chi connectivity index (χ3v) is 27.9. The van der Waals surface area contributed by atoms with Crippen LogP contribution in [0.25, 0.3) is 22.9 Å². The van der Waals surface area contributed by atoms with Crippen LogP contribution in [0.4, 0.5) is 0 Å². The molecule has 1 saturated heterocycles. The van der Waals surface area contributed by atoms with E-state index >= 15 is 5.11 Å². The number of fused-ring (bicyclic) bond motifs is 8. The normalized spacial score (nSPS) is 34.2. The van der Waals surface area contributed by atoms with E-state index in [4.69, 9.17) is 25.9 Å². The fraction of sp³-hybridized carbons (Fsp3) is 0.414. The van der Waals surface area contributed by atoms with E-state index < -0.39 is 62.6 Å². The molecular weight excluding hydrogens is 1280 g/mol. The molecule has 0 spiro atoms. The highest BCUT2D eigenvalue weighted by atomic mass is 32.2. The number of allylic oxidation sites excluding steroid dienone is 3. The van der Waals surface area contributed by atoms with E-state index in [1.807, 2.05) is 25.2 Å². The summed E-state index contributed by atoms with van der Waals surface area (Å²) in [7, 11) is -2.74. The van der Waals surface area contributed by atoms with Gasteiger partial charge in [-0.3, -0.25) is 4.55 Å². The first-order valence-electron chi connectivity index (χ1n) is 37.1. The van der Waals surface area contributed by atoms with Crippen LogP contribution in [0.3, 0.4) is 0 Å². The Balaban J connectivity index is 0.789. The van der Waals surface area contributed by atoms with Gasteiger partial charge in [0.25, 0.3) is 10.1 Å². The number of hydrogen-bond acceptors (Lipinski definition) is 10. The molecule has 20 rings (SSSR count). The number of aliphatic hydroxyl groups excluding tert-OH is 2. The Hall–Kier alpha value is -8.10. The number of nitrogens with one attached hydrogen (secondary N) is 1. The summed E-state index contributed by atoms with van der Waals surface area (Å²) in [4.78, 5) is 5.50. The number of aryl methyl sites for hydroxylation is 1. The van der Waals surface area contributed by atoms with Crippen molar-refractivity contribution in [3.05, 3.63) is 247 Å². The molecule has 20 atom stereocenters. The zero-order chi connectivity index (χ0) is 69.0. The highest BCUT2D eigenvalue weighted by Gasteiger charge is 2.67. The summed E-state index contributed by atoms with van der Waals surface area (Å²) in [5, 5.41) is 54.5. The molecule has 5 heterocycles. The largest absolute Gasteiger partial charge is 0.508 e. The molecule has 2 saturated carbocycles. The Morgan fingerprint density at radius 3 is 2.44 bits per heavy atom. The summed E-state index contributed by atoms with van der Waals surface area (Å²) in [6, 6.07) is 43.6. The second-order valence-corrected chi connectivity index (χ2v) is 33.5. The number of hydrogen-bond donors (Lipinski definition) is 8. The van der Waals surface area contributed by atoms with Crippen molar-refractivity contribution in [2.24, 2.45) is 69.7 Å². The molecule has 0 radical (unpaired) electrons. The summed E-state index contributed by atoms with van der Waals surface area (Å²) in [6.45, 7) is 2.82. The summed E-state index contributed by atoms with van der Waals surface area (Å²) < 4.78 is 56.7. The highest BCUT2D eigenvalue weighted by molar-refractivity contribution is 7.86. The first kappa shape index (κ1) is 65.0. The SMILES string of the molecule is CNCc1cc2cccc3c2c2c1CC1C=Cc4c(C5CCC6C7C=CC5C6(O)C(Cc5ccccc5)C(C5(N=C(N)N)Oc6ccc8c(c6)CCC(C)C8CC(S(=O)(=O)O)C6C=C8CC(CC9CC(CO)CC#Cc%10cc(O)ccc%10C8O9)C6c6ccc5cc6)C7)ccc(c41)C(O)C2C=C3. The Morgan fingerprint density at radius 2 is 1.62 bits per heavy atom. The van der Waals surface area contributed by atoms with Gasteiger partial charge in [0, 0.05) is 71.8 Å². The van der Waals surface area contributed by atoms with E-state index in [0.717, 1.165) is 70.2 Å². The number of aliphatic imine (C=N–C) groups is 1. The molecule has 20 unspecified atom stereocenters. The number of aliphatic hydroxyl groups is 3. The predicted molar refractivity (Wildman–Crippen MR) is 394 cm³/mol. The van der Waals surface area contributed by atoms with Gasteiger partial charge in [-0.05, 0) is 238 Å². The van der Waals surface area contributed by atoms with Crippen LogP contribution in [0.1, 0.15) is 190 Å². The standard InChI is InChI=1S/C87H90N4O9S/c1-47-14-15-53-39-62-24-28-64(53)71(47)44-78(101(96,97)98)73-42-58-37-57(40-63-34-49(46-92)10-6-12-52-38-61(93)23-27-65(52)84(58)99-63)79(73)51-16-21-60(22-17-51)87(100-62,91-85(88)89)77-43-54-20-32-75-67(31-33-74(54)86(75,95)76(77)35-48-8-4-3-5-9-48)66-29-30-69-81-56(19-25-68(66)81)41-72-59(45-90-2)36-55-13-7-11-50-18-26-70(83(69)94)82(72)80(50)55/h3-5,7-9,11,13,16-30,32,36,38-39,42,47,49,54,56-57,63,67,70-71,73-79,83-84,90,92-95H,10,14-15,31,33-35,37,40-41,43-46H2,1-2H3,(H4,88,89,91)(H,96,97,98). The molecule has 0 amide bonds. The highest BCUT2D eigenvalue weighted by Crippen LogP contribution is 2.66. The van der Waals surface area contributed by atoms with Gasteiger partial charge in [-0.1, -0.05) is 158 Å². The number of nitrogens with two attached hydrogens (primary N) is 2. The van der Waals surface area contributed by atoms with Crippen molar-refractivity contribution in [1.29, 1.82) is 0 Å². The van der Waals surface area contributed by atoms with Crippen LogP contribution in [0, 0.1) is 65.1 Å². The lowest BCUT2D eigenvalue weighted by atomic mass is 9.44. The van der Waals surface area contributed by atoms with Crippen molar-refractivity contribution in [1.82, 2.24) is 5.32 Å². The number of nitrogens with zero attached hydrogens (tertiary/aromatic N) is 1. The van der Waals surface area contributed by atoms with Crippen LogP contribution in [0.5, 0.6) is 11.5 Å². The second kappa shape index (κ2) is 24.8. The van der Waals surface area contributed by atoms with E-state index in [1.165, 1.54) is 44.2 Å². The lowest BCUT2D eigenvalue weighted by molar-refractivity contribution is -0.213. The van der Waals surface area contributed by atoms with Gasteiger partial charge in [0.1, 0.15) is 17.6 Å². The lowest BCUT2D eigenvalue weighted by Gasteiger charge is -2.63. The maximum Gasteiger partial charge on any atom is 0.268 e. The van der Waals surface area contributed by atoms with E-state index in [1.54, 1.807) is 12.1 Å². The third kappa shape index (κ3) is 10.6. The fourth-order valence-corrected chi connectivity index (χ4v) is 23.5. The van der Waals surface area contributed by atoms with Crippen molar-refractivity contribution in [2.75, 3.05) is 13.7 Å². The molecule has 14 heteroatoms. The van der Waals surface area contributed by atoms with Crippen molar-refractivity contribution in [3.63, 3.8) is 0 Å². The van der Waals surface area contributed by atoms with Gasteiger partial charge in [-0.15, -0.1) is 0 Å². The average molecular weight is 1370 g/mol. The van der Waals surface area contributed by atoms with Gasteiger partial charge in [0.15, 0.2) is 5.96 Å². The summed E-state index contributed by atoms with van der Waals surface area (Å²) in [5.41, 5.74) is 27.4. The molecule has 101 heavy (non-hydrogen) atoms. The van der Waals surface area contributed by atoms with E-state index in [-0.39, 0.29) is 90.0 Å². The van der Waals surface area contributed by atoms with Gasteiger partial charge < -0.3 is 46.7 Å². The summed E-state index contributed by atoms with van der Waals surface area (Å²) >= 11 is 0. The lowest BCUT2D eigenvalue weighted by Crippen LogP contribution is -2.67. The minimum Gasteiger partial charge on any atom is -0.508 e. The van der Waals surface area contributed by atoms with E-state index in [0.29, 0.717) is 68.4 Å². The number of guanidine groups is 1. The van der Waals surface area contributed by atoms with Gasteiger partial charge in [0.05, 0.1) is 23.1 Å². The van der Waals surface area contributed by atoms with Crippen molar-refractivity contribution in [2.45, 2.75) is 155 Å². The number of phenolic OH excluding ortho intramolecular Hbond substituents is 1. The molecule has 7 aromatic rings. The molecule has 7 aromatic carbocycles. The Bertz CT molecular complexity index is 4850. The maximum absolute atomic E-state index is 15.1. The minimum absolute atomic E-state index is 0.0325. The molecule has 518 valence electrons. The molecule has 14 bridgehead atoms. The predicted octanol–water partition coefficient (Wildman–Crippen LogP) is 14.1. The zero-order valence-corrected chi connectivity index (χ0v) is 58.2. The fourth-order valence-electron chi connectivity index (χ4n) is 22.4. The number of ether oxygens (including phenoxy) is 2. The minimum atomic E-state index is -4.75. The van der Waals surface area contributed by atoms with Crippen LogP contribution in [-0.2, 0) is 46.4 Å². The molecule has 5 aliphatic heterocycles. The van der Waals surface area contributed by atoms with Crippen molar-refractivity contribution >= 4 is 39.0 Å². The molecule has 8 aliphatic carbocycles. The van der Waals surface area contributed by atoms with Crippen LogP contribution >= 0.6 is 0 Å². The van der Waals surface area contributed by atoms with Crippen LogP contribution in [-0.4, -0.2) is 70.0 Å². The molecule has 13 nitrogen and oxygen atoms in total. The quantitative estimate of drug-likeness (QED) is 0.0222. The smallest absolute Gasteiger partial charge is 0.268 e. The van der Waals surface area contributed by atoms with E-state index in [2.05, 4.69) is 164 Å². The van der Waals surface area contributed by atoms with Gasteiger partial charge in [-0.25, -0.2) is 4.99 Å². The number of rotatable bonds is 9. The number of benzene rings is 7. The first-order valence-corrected chi connectivity index (χ1v) is 38.6. The van der Waals surface area contributed by atoms with Crippen LogP contribution < -0.4 is 21.5 Å². The van der Waals surface area contributed by atoms with Gasteiger partial charge in [-0.2, -0.15) is 8.42 Å². The van der Waals surface area contributed by atoms with Gasteiger partial charge >= 0.3 is 0 Å². The summed E-state index contributed by atoms with van der Waals surface area (Å²) in [5.74, 6) is 3.53. The number of phenols is 1. The Labute approximate surface area is 592 Å².